The molecule has 0 aliphatic rings. The fourth-order valence-corrected chi connectivity index (χ4v) is 2.32. The summed E-state index contributed by atoms with van der Waals surface area (Å²) in [6.45, 7) is 1.00. The normalized spacial score (nSPS) is 13.8. The molecule has 1 amide bonds. The summed E-state index contributed by atoms with van der Waals surface area (Å²) in [5.74, 6) is -0.830. The van der Waals surface area contributed by atoms with Gasteiger partial charge in [0.15, 0.2) is 0 Å². The first-order valence-electron chi connectivity index (χ1n) is 4.10. The summed E-state index contributed by atoms with van der Waals surface area (Å²) in [6.07, 6.45) is 0. The zero-order valence-electron chi connectivity index (χ0n) is 8.08. The number of amides is 1. The highest BCUT2D eigenvalue weighted by molar-refractivity contribution is 9.10. The highest BCUT2D eigenvalue weighted by atomic mass is 79.9. The Labute approximate surface area is 101 Å². The highest BCUT2D eigenvalue weighted by Gasteiger charge is 2.36. The summed E-state index contributed by atoms with van der Waals surface area (Å²) in [5.41, 5.74) is -4.53. The molecular formula is C9H7BrF3NOS. The van der Waals surface area contributed by atoms with Crippen molar-refractivity contribution in [2.24, 2.45) is 4.36 Å². The Morgan fingerprint density at radius 3 is 2.19 bits per heavy atom. The van der Waals surface area contributed by atoms with Gasteiger partial charge in [-0.2, -0.15) is 17.5 Å². The molecule has 1 rings (SSSR count). The first-order chi connectivity index (χ1) is 7.30. The topological polar surface area (TPSA) is 29.4 Å². The van der Waals surface area contributed by atoms with E-state index >= 15 is 0 Å². The maximum absolute atomic E-state index is 12.6. The van der Waals surface area contributed by atoms with Crippen molar-refractivity contribution in [1.29, 1.82) is 0 Å². The first kappa shape index (κ1) is 13.4. The van der Waals surface area contributed by atoms with E-state index in [-0.39, 0.29) is 4.90 Å². The molecule has 0 saturated heterocycles. The quantitative estimate of drug-likeness (QED) is 0.777. The van der Waals surface area contributed by atoms with E-state index in [1.54, 1.807) is 0 Å². The Balaban J connectivity index is 3.23. The Kier molecular flexibility index (Phi) is 4.26. The molecule has 0 spiro atoms. The average molecular weight is 314 g/mol. The molecule has 0 fully saturated rings. The summed E-state index contributed by atoms with van der Waals surface area (Å²) in [6, 6.07) is 5.56. The van der Waals surface area contributed by atoms with E-state index in [2.05, 4.69) is 20.3 Å². The summed E-state index contributed by atoms with van der Waals surface area (Å²) in [4.78, 5) is 10.6. The Morgan fingerprint density at radius 1 is 1.31 bits per heavy atom. The summed E-state index contributed by atoms with van der Waals surface area (Å²) in [7, 11) is -2.39. The minimum absolute atomic E-state index is 0.0223. The van der Waals surface area contributed by atoms with Crippen molar-refractivity contribution in [3.05, 3.63) is 28.7 Å². The van der Waals surface area contributed by atoms with Gasteiger partial charge in [-0.25, -0.2) is 0 Å². The van der Waals surface area contributed by atoms with E-state index in [0.717, 1.165) is 6.92 Å². The molecule has 0 aromatic heterocycles. The lowest BCUT2D eigenvalue weighted by Crippen LogP contribution is -2.17. The number of carbonyl (C=O) groups is 1. The second kappa shape index (κ2) is 5.09. The molecule has 0 aliphatic carbocycles. The molecule has 16 heavy (non-hydrogen) atoms. The van der Waals surface area contributed by atoms with Gasteiger partial charge < -0.3 is 0 Å². The molecule has 0 bridgehead atoms. The second-order valence-electron chi connectivity index (χ2n) is 2.79. The van der Waals surface area contributed by atoms with Crippen molar-refractivity contribution in [2.45, 2.75) is 17.3 Å². The molecular weight excluding hydrogens is 307 g/mol. The van der Waals surface area contributed by atoms with Gasteiger partial charge in [0.2, 0.25) is 5.91 Å². The van der Waals surface area contributed by atoms with Gasteiger partial charge in [0.25, 0.3) is 0 Å². The van der Waals surface area contributed by atoms with Crippen LogP contribution in [0.25, 0.3) is 0 Å². The number of rotatable bonds is 1. The average Bonchev–Trinajstić information content (AvgIpc) is 2.14. The highest BCUT2D eigenvalue weighted by Crippen LogP contribution is 2.29. The van der Waals surface area contributed by atoms with Crippen LogP contribution in [-0.2, 0) is 15.5 Å². The minimum atomic E-state index is -4.53. The lowest BCUT2D eigenvalue weighted by molar-refractivity contribution is -0.115. The standard InChI is InChI=1S/C9H7BrF3NOS/c1-6(15)14-16(9(11,12)13)8-4-2-7(10)3-5-8/h2-5H,1H3. The fraction of sp³-hybridized carbons (Fsp3) is 0.222. The van der Waals surface area contributed by atoms with E-state index in [9.17, 15) is 18.0 Å². The number of nitrogens with zero attached hydrogens (tertiary/aromatic N) is 1. The first-order valence-corrected chi connectivity index (χ1v) is 6.07. The molecule has 1 aromatic rings. The number of carbonyl (C=O) groups excluding carboxylic acids is 1. The van der Waals surface area contributed by atoms with Crippen LogP contribution in [0.1, 0.15) is 6.92 Å². The number of hydrogen-bond donors (Lipinski definition) is 0. The maximum Gasteiger partial charge on any atom is 0.457 e. The maximum atomic E-state index is 12.6. The largest absolute Gasteiger partial charge is 0.457 e. The van der Waals surface area contributed by atoms with Crippen LogP contribution >= 0.6 is 15.9 Å². The molecule has 1 atom stereocenters. The lowest BCUT2D eigenvalue weighted by Gasteiger charge is -2.11. The van der Waals surface area contributed by atoms with E-state index in [1.807, 2.05) is 0 Å². The van der Waals surface area contributed by atoms with Crippen LogP contribution in [0.3, 0.4) is 0 Å². The monoisotopic (exact) mass is 313 g/mol. The summed E-state index contributed by atoms with van der Waals surface area (Å²) >= 11 is 3.12. The van der Waals surface area contributed by atoms with Gasteiger partial charge in [-0.1, -0.05) is 15.9 Å². The van der Waals surface area contributed by atoms with E-state index in [0.29, 0.717) is 4.47 Å². The third-order valence-corrected chi connectivity index (χ3v) is 3.60. The molecule has 0 heterocycles. The molecule has 0 N–H and O–H groups in total. The number of alkyl halides is 3. The molecule has 7 heteroatoms. The third-order valence-electron chi connectivity index (χ3n) is 1.48. The Hall–Kier alpha value is -0.690. The van der Waals surface area contributed by atoms with Gasteiger partial charge in [0, 0.05) is 27.0 Å². The summed E-state index contributed by atoms with van der Waals surface area (Å²) < 4.78 is 41.6. The SMILES string of the molecule is CC(=O)N=S(c1ccc(Br)cc1)C(F)(F)F. The smallest absolute Gasteiger partial charge is 0.272 e. The second-order valence-corrected chi connectivity index (χ2v) is 5.40. The van der Waals surface area contributed by atoms with Crippen molar-refractivity contribution in [3.63, 3.8) is 0 Å². The predicted molar refractivity (Wildman–Crippen MR) is 58.9 cm³/mol. The van der Waals surface area contributed by atoms with Crippen LogP contribution in [0.5, 0.6) is 0 Å². The van der Waals surface area contributed by atoms with Crippen molar-refractivity contribution < 1.29 is 18.0 Å². The van der Waals surface area contributed by atoms with Gasteiger partial charge in [-0.15, -0.1) is 0 Å². The van der Waals surface area contributed by atoms with Crippen LogP contribution in [0.15, 0.2) is 38.0 Å². The van der Waals surface area contributed by atoms with E-state index in [1.165, 1.54) is 24.3 Å². The number of halogens is 4. The van der Waals surface area contributed by atoms with Crippen LogP contribution in [0.4, 0.5) is 13.2 Å². The van der Waals surface area contributed by atoms with Crippen LogP contribution in [-0.4, -0.2) is 11.4 Å². The minimum Gasteiger partial charge on any atom is -0.272 e. The molecule has 0 aliphatic heterocycles. The van der Waals surface area contributed by atoms with Crippen molar-refractivity contribution in [2.75, 3.05) is 0 Å². The van der Waals surface area contributed by atoms with Crippen molar-refractivity contribution in [1.82, 2.24) is 0 Å². The van der Waals surface area contributed by atoms with Gasteiger partial charge in [-0.05, 0) is 24.3 Å². The number of hydrogen-bond acceptors (Lipinski definition) is 1. The van der Waals surface area contributed by atoms with Gasteiger partial charge >= 0.3 is 5.51 Å². The zero-order chi connectivity index (χ0) is 12.3. The van der Waals surface area contributed by atoms with Gasteiger partial charge in [0.1, 0.15) is 0 Å². The molecule has 2 nitrogen and oxygen atoms in total. The van der Waals surface area contributed by atoms with E-state index < -0.39 is 22.1 Å². The van der Waals surface area contributed by atoms with Crippen molar-refractivity contribution >= 4 is 32.5 Å². The molecule has 1 aromatic carbocycles. The zero-order valence-corrected chi connectivity index (χ0v) is 10.5. The number of benzene rings is 1. The van der Waals surface area contributed by atoms with Crippen LogP contribution in [0.2, 0.25) is 0 Å². The summed E-state index contributed by atoms with van der Waals surface area (Å²) in [5, 5.41) is 0. The van der Waals surface area contributed by atoms with Crippen LogP contribution in [0, 0.1) is 0 Å². The van der Waals surface area contributed by atoms with E-state index in [4.69, 9.17) is 0 Å². The van der Waals surface area contributed by atoms with Gasteiger partial charge in [0.05, 0.1) is 0 Å². The predicted octanol–water partition coefficient (Wildman–Crippen LogP) is 3.68. The molecule has 1 unspecified atom stereocenters. The fourth-order valence-electron chi connectivity index (χ4n) is 0.930. The Morgan fingerprint density at radius 2 is 1.81 bits per heavy atom. The van der Waals surface area contributed by atoms with Crippen LogP contribution < -0.4 is 0 Å². The third kappa shape index (κ3) is 3.71. The van der Waals surface area contributed by atoms with Gasteiger partial charge in [-0.3, -0.25) is 4.79 Å². The molecule has 0 radical (unpaired) electrons. The molecule has 0 saturated carbocycles. The Bertz CT molecular complexity index is 427. The lowest BCUT2D eigenvalue weighted by atomic mass is 10.4. The van der Waals surface area contributed by atoms with Crippen molar-refractivity contribution in [3.8, 4) is 0 Å². The molecule has 88 valence electrons.